The minimum absolute atomic E-state index is 0.202. The molecule has 86 valence electrons. The largest absolute Gasteiger partial charge is 0.393 e. The van der Waals surface area contributed by atoms with E-state index < -0.39 is 29.7 Å². The van der Waals surface area contributed by atoms with Crippen LogP contribution in [0.1, 0.15) is 6.23 Å². The molecule has 0 amide bonds. The van der Waals surface area contributed by atoms with Crippen LogP contribution in [-0.2, 0) is 4.74 Å². The van der Waals surface area contributed by atoms with E-state index in [-0.39, 0.29) is 6.61 Å². The molecule has 2 atom stereocenters. The molecule has 16 heavy (non-hydrogen) atoms. The lowest BCUT2D eigenvalue weighted by Gasteiger charge is -2.14. The van der Waals surface area contributed by atoms with Crippen LogP contribution in [0.15, 0.2) is 23.1 Å². The van der Waals surface area contributed by atoms with Crippen LogP contribution < -0.4 is 11.4 Å². The van der Waals surface area contributed by atoms with E-state index in [0.717, 1.165) is 10.8 Å². The molecule has 6 nitrogen and oxygen atoms in total. The Hall–Kier alpha value is -1.73. The van der Waals surface area contributed by atoms with Gasteiger partial charge in [0.25, 0.3) is 0 Å². The van der Waals surface area contributed by atoms with Crippen molar-refractivity contribution in [1.82, 2.24) is 9.55 Å². The van der Waals surface area contributed by atoms with E-state index in [9.17, 15) is 9.18 Å². The summed E-state index contributed by atoms with van der Waals surface area (Å²) in [6.07, 6.45) is 2.81. The Morgan fingerprint density at radius 2 is 2.38 bits per heavy atom. The van der Waals surface area contributed by atoms with E-state index in [1.807, 2.05) is 0 Å². The molecule has 1 aliphatic rings. The molecular formula is C9H10FN3O3. The van der Waals surface area contributed by atoms with Gasteiger partial charge in [0.1, 0.15) is 6.10 Å². The molecule has 1 unspecified atom stereocenters. The van der Waals surface area contributed by atoms with Gasteiger partial charge in [-0.1, -0.05) is 6.08 Å². The number of hydrogen-bond donors (Lipinski definition) is 2. The molecule has 0 aromatic carbocycles. The molecular weight excluding hydrogens is 217 g/mol. The highest BCUT2D eigenvalue weighted by Gasteiger charge is 2.21. The third-order valence-electron chi connectivity index (χ3n) is 2.19. The first-order chi connectivity index (χ1) is 7.61. The van der Waals surface area contributed by atoms with Gasteiger partial charge in [0, 0.05) is 0 Å². The Kier molecular flexibility index (Phi) is 2.71. The molecule has 0 saturated carbocycles. The number of aromatic nitrogens is 2. The zero-order valence-electron chi connectivity index (χ0n) is 8.21. The van der Waals surface area contributed by atoms with Gasteiger partial charge in [-0.15, -0.1) is 0 Å². The first kappa shape index (κ1) is 10.8. The topological polar surface area (TPSA) is 90.4 Å². The molecule has 0 bridgehead atoms. The van der Waals surface area contributed by atoms with E-state index in [0.29, 0.717) is 0 Å². The summed E-state index contributed by atoms with van der Waals surface area (Å²) in [5, 5.41) is 8.83. The lowest BCUT2D eigenvalue weighted by atomic mass is 10.4. The fourth-order valence-corrected chi connectivity index (χ4v) is 1.39. The second-order valence-corrected chi connectivity index (χ2v) is 3.30. The van der Waals surface area contributed by atoms with Crippen LogP contribution in [0.25, 0.3) is 0 Å². The van der Waals surface area contributed by atoms with E-state index >= 15 is 0 Å². The summed E-state index contributed by atoms with van der Waals surface area (Å²) < 4.78 is 19.3. The number of ether oxygens (including phenoxy) is 1. The second-order valence-electron chi connectivity index (χ2n) is 3.30. The van der Waals surface area contributed by atoms with E-state index in [4.69, 9.17) is 15.6 Å². The molecule has 2 rings (SSSR count). The van der Waals surface area contributed by atoms with Gasteiger partial charge in [-0.2, -0.15) is 4.98 Å². The van der Waals surface area contributed by atoms with Crippen LogP contribution in [0.5, 0.6) is 0 Å². The lowest BCUT2D eigenvalue weighted by molar-refractivity contribution is -0.0106. The highest BCUT2D eigenvalue weighted by molar-refractivity contribution is 5.26. The van der Waals surface area contributed by atoms with E-state index in [1.165, 1.54) is 0 Å². The quantitative estimate of drug-likeness (QED) is 0.659. The Balaban J connectivity index is 2.33. The van der Waals surface area contributed by atoms with Gasteiger partial charge in [-0.25, -0.2) is 9.18 Å². The highest BCUT2D eigenvalue weighted by atomic mass is 19.1. The average Bonchev–Trinajstić information content (AvgIpc) is 2.71. The summed E-state index contributed by atoms with van der Waals surface area (Å²) in [6.45, 7) is -0.202. The summed E-state index contributed by atoms with van der Waals surface area (Å²) in [5.74, 6) is -1.23. The fraction of sp³-hybridized carbons (Fsp3) is 0.333. The summed E-state index contributed by atoms with van der Waals surface area (Å²) in [7, 11) is 0. The van der Waals surface area contributed by atoms with E-state index in [1.54, 1.807) is 12.2 Å². The molecule has 3 N–H and O–H groups in total. The predicted octanol–water partition coefficient (Wildman–Crippen LogP) is -0.590. The first-order valence-corrected chi connectivity index (χ1v) is 4.60. The van der Waals surface area contributed by atoms with Gasteiger partial charge in [0.05, 0.1) is 12.8 Å². The number of rotatable bonds is 2. The Morgan fingerprint density at radius 1 is 1.62 bits per heavy atom. The van der Waals surface area contributed by atoms with Crippen molar-refractivity contribution in [3.05, 3.63) is 34.7 Å². The number of halogens is 1. The number of nitrogens with two attached hydrogens (primary N) is 1. The second kappa shape index (κ2) is 4.03. The maximum Gasteiger partial charge on any atom is 0.352 e. The number of aliphatic hydroxyl groups excluding tert-OH is 1. The van der Waals surface area contributed by atoms with Crippen LogP contribution in [-0.4, -0.2) is 27.4 Å². The minimum Gasteiger partial charge on any atom is -0.393 e. The smallest absolute Gasteiger partial charge is 0.352 e. The molecule has 1 aromatic rings. The van der Waals surface area contributed by atoms with Crippen molar-refractivity contribution in [2.45, 2.75) is 12.3 Å². The summed E-state index contributed by atoms with van der Waals surface area (Å²) in [6, 6.07) is 0. The van der Waals surface area contributed by atoms with Gasteiger partial charge < -0.3 is 15.6 Å². The molecule has 1 aliphatic heterocycles. The van der Waals surface area contributed by atoms with Crippen LogP contribution in [0.4, 0.5) is 10.2 Å². The van der Waals surface area contributed by atoms with Gasteiger partial charge in [-0.3, -0.25) is 4.57 Å². The van der Waals surface area contributed by atoms with Crippen LogP contribution >= 0.6 is 0 Å². The monoisotopic (exact) mass is 227 g/mol. The summed E-state index contributed by atoms with van der Waals surface area (Å²) in [4.78, 5) is 14.7. The molecule has 7 heteroatoms. The summed E-state index contributed by atoms with van der Waals surface area (Å²) >= 11 is 0. The average molecular weight is 227 g/mol. The van der Waals surface area contributed by atoms with Crippen molar-refractivity contribution < 1.29 is 14.2 Å². The van der Waals surface area contributed by atoms with Crippen LogP contribution in [0.3, 0.4) is 0 Å². The van der Waals surface area contributed by atoms with Crippen molar-refractivity contribution in [3.63, 3.8) is 0 Å². The van der Waals surface area contributed by atoms with Crippen molar-refractivity contribution >= 4 is 5.82 Å². The number of anilines is 1. The fourth-order valence-electron chi connectivity index (χ4n) is 1.39. The molecule has 0 fully saturated rings. The highest BCUT2D eigenvalue weighted by Crippen LogP contribution is 2.19. The first-order valence-electron chi connectivity index (χ1n) is 4.60. The summed E-state index contributed by atoms with van der Waals surface area (Å²) in [5.41, 5.74) is 4.44. The normalized spacial score (nSPS) is 23.9. The predicted molar refractivity (Wildman–Crippen MR) is 53.0 cm³/mol. The van der Waals surface area contributed by atoms with Crippen molar-refractivity contribution in [3.8, 4) is 0 Å². The van der Waals surface area contributed by atoms with Gasteiger partial charge in [-0.05, 0) is 6.08 Å². The number of hydrogen-bond acceptors (Lipinski definition) is 5. The minimum atomic E-state index is -0.788. The standard InChI is InChI=1S/C9H10FN3O3/c10-6-3-13(9(15)12-8(6)11)7-2-1-5(4-14)16-7/h1-3,5,7,14H,4H2,(H2,11,12,15)/t5?,7-/m1/s1. The van der Waals surface area contributed by atoms with Gasteiger partial charge in [0.15, 0.2) is 17.9 Å². The Morgan fingerprint density at radius 3 is 3.00 bits per heavy atom. The zero-order chi connectivity index (χ0) is 11.7. The Labute approximate surface area is 89.8 Å². The molecule has 2 heterocycles. The zero-order valence-corrected chi connectivity index (χ0v) is 8.21. The van der Waals surface area contributed by atoms with Crippen LogP contribution in [0.2, 0.25) is 0 Å². The van der Waals surface area contributed by atoms with Crippen molar-refractivity contribution in [2.75, 3.05) is 12.3 Å². The third kappa shape index (κ3) is 1.82. The van der Waals surface area contributed by atoms with Gasteiger partial charge in [0.2, 0.25) is 0 Å². The number of nitrogens with zero attached hydrogens (tertiary/aromatic N) is 2. The maximum absolute atomic E-state index is 13.1. The number of nitrogen functional groups attached to an aromatic ring is 1. The third-order valence-corrected chi connectivity index (χ3v) is 2.19. The maximum atomic E-state index is 13.1. The number of aliphatic hydroxyl groups is 1. The van der Waals surface area contributed by atoms with Crippen molar-refractivity contribution in [1.29, 1.82) is 0 Å². The molecule has 1 aromatic heterocycles. The SMILES string of the molecule is Nc1nc(=O)n([C@H]2C=CC(CO)O2)cc1F. The van der Waals surface area contributed by atoms with E-state index in [2.05, 4.69) is 4.98 Å². The Bertz CT molecular complexity index is 485. The van der Waals surface area contributed by atoms with Crippen LogP contribution in [0, 0.1) is 5.82 Å². The van der Waals surface area contributed by atoms with Gasteiger partial charge >= 0.3 is 5.69 Å². The lowest BCUT2D eigenvalue weighted by Crippen LogP contribution is -2.29. The van der Waals surface area contributed by atoms with Crippen molar-refractivity contribution in [2.24, 2.45) is 0 Å². The molecule has 0 saturated heterocycles. The molecule has 0 radical (unpaired) electrons. The molecule has 0 spiro atoms. The molecule has 0 aliphatic carbocycles.